The van der Waals surface area contributed by atoms with Gasteiger partial charge in [0.1, 0.15) is 30.8 Å². The molecule has 11 amide bonds. The molecule has 28 heteroatoms. The zero-order valence-corrected chi connectivity index (χ0v) is 63.0. The third-order valence-corrected chi connectivity index (χ3v) is 20.0. The molecule has 1 unspecified atom stereocenters. The Bertz CT molecular complexity index is 3130. The number of hydrogen-bond acceptors (Lipinski definition) is 17. The fourth-order valence-electron chi connectivity index (χ4n) is 13.8. The van der Waals surface area contributed by atoms with E-state index in [9.17, 15) is 53.1 Å². The van der Waals surface area contributed by atoms with E-state index < -0.39 is 132 Å². The molecule has 574 valence electrons. The van der Waals surface area contributed by atoms with E-state index in [1.54, 1.807) is 115 Å². The highest BCUT2D eigenvalue weighted by Crippen LogP contribution is 2.52. The molecular formula is C75H117N11O17. The number of hydrogen-bond donors (Lipinski definition) is 9. The summed E-state index contributed by atoms with van der Waals surface area (Å²) in [5.74, 6) is 2.56. The Labute approximate surface area is 608 Å². The number of likely N-dealkylation sites (tertiary alicyclic amines) is 1. The lowest BCUT2D eigenvalue weighted by atomic mass is 9.89. The fourth-order valence-corrected chi connectivity index (χ4v) is 13.8. The van der Waals surface area contributed by atoms with Gasteiger partial charge in [-0.1, -0.05) is 80.9 Å². The van der Waals surface area contributed by atoms with Crippen molar-refractivity contribution in [2.24, 2.45) is 53.1 Å². The summed E-state index contributed by atoms with van der Waals surface area (Å²) in [7, 11) is 6.08. The summed E-state index contributed by atoms with van der Waals surface area (Å²) in [6, 6.07) is -0.336. The number of nitrogens with two attached hydrogens (primary N) is 1. The highest BCUT2D eigenvalue weighted by Gasteiger charge is 2.50. The normalized spacial score (nSPS) is 19.9. The Kier molecular flexibility index (Phi) is 36.0. The smallest absolute Gasteiger partial charge is 0.410 e. The highest BCUT2D eigenvalue weighted by atomic mass is 16.6. The topological polar surface area (TPSA) is 366 Å². The van der Waals surface area contributed by atoms with Gasteiger partial charge in [-0.3, -0.25) is 38.5 Å². The number of benzene rings is 1. The van der Waals surface area contributed by atoms with Crippen LogP contribution in [0.4, 0.5) is 20.1 Å². The van der Waals surface area contributed by atoms with Crippen LogP contribution < -0.4 is 43.0 Å². The number of rotatable bonds is 43. The van der Waals surface area contributed by atoms with Gasteiger partial charge >= 0.3 is 18.2 Å². The fraction of sp³-hybridized carbons (Fsp3) is 0.693. The molecule has 1 aliphatic heterocycles. The Morgan fingerprint density at radius 2 is 1.38 bits per heavy atom. The minimum Gasteiger partial charge on any atom is -0.449 e. The number of nitrogens with zero attached hydrogens (tertiary/aromatic N) is 3. The number of anilines is 1. The molecule has 1 heterocycles. The first kappa shape index (κ1) is 85.6. The number of alkyl carbamates (subject to hydrolysis) is 1. The van der Waals surface area contributed by atoms with E-state index in [0.717, 1.165) is 25.7 Å². The molecule has 5 rings (SSSR count). The van der Waals surface area contributed by atoms with Gasteiger partial charge in [0.2, 0.25) is 41.4 Å². The molecule has 0 aromatic heterocycles. The van der Waals surface area contributed by atoms with E-state index in [-0.39, 0.29) is 89.5 Å². The lowest BCUT2D eigenvalue weighted by Crippen LogP contribution is -2.60. The van der Waals surface area contributed by atoms with Crippen molar-refractivity contribution < 1.29 is 81.5 Å². The van der Waals surface area contributed by atoms with Crippen LogP contribution in [0.15, 0.2) is 53.8 Å². The van der Waals surface area contributed by atoms with Crippen LogP contribution in [0.5, 0.6) is 0 Å². The van der Waals surface area contributed by atoms with Crippen LogP contribution in [0.3, 0.4) is 0 Å². The minimum atomic E-state index is -1.12. The van der Waals surface area contributed by atoms with Crippen molar-refractivity contribution in [1.29, 1.82) is 0 Å². The standard InChI is InChI=1S/C75H117N11O17/c1-15-48(8)65(59(98-13)42-61(88)86-37-23-29-58(86)67(99-14)49(9)68(90)79-50(10)66(89)52-24-20-21-25-52)84(11)72(94)63(46(4)5)83-71(93)64(47(6)7)85(12)75(97)103-43-51-30-32-53(33-31-51)80-69(91)57(28-22-35-77-73(76)95)81-70(92)62(45(2)3)82-60(87)34-38-100-40-41-101-39-36-78-74(96)102-44-56-54-26-18-16-17-19-27-55(54)56/h20,24-25,30-33,45-50,54-59,62-67,89H,15,18-19,22-23,26-29,34-44H2,1-14H3,(H,78,96)(H,79,90)(H,80,91)(H,81,92)(H,82,87)(H,83,93)(H3,76,77,95)/t48-,49+,50+,54-,55+,56?,57-,58-,59+,62-,63-,64-,65-,66+,67+/m0/s1. The van der Waals surface area contributed by atoms with Gasteiger partial charge in [-0.25, -0.2) is 14.4 Å². The molecule has 28 nitrogen and oxygen atoms in total. The van der Waals surface area contributed by atoms with Crippen LogP contribution in [0.2, 0.25) is 0 Å². The van der Waals surface area contributed by atoms with Gasteiger partial charge in [-0.05, 0) is 128 Å². The number of amides is 11. The zero-order valence-electron chi connectivity index (χ0n) is 63.0. The number of carbonyl (C=O) groups is 10. The summed E-state index contributed by atoms with van der Waals surface area (Å²) in [4.78, 5) is 140. The highest BCUT2D eigenvalue weighted by molar-refractivity contribution is 5.98. The molecule has 0 bridgehead atoms. The van der Waals surface area contributed by atoms with Crippen molar-refractivity contribution in [1.82, 2.24) is 46.6 Å². The molecule has 3 aliphatic carbocycles. The molecule has 4 aliphatic rings. The zero-order chi connectivity index (χ0) is 76.0. The van der Waals surface area contributed by atoms with Gasteiger partial charge in [-0.2, -0.15) is 0 Å². The number of primary amides is 1. The molecule has 103 heavy (non-hydrogen) atoms. The first-order valence-electron chi connectivity index (χ1n) is 36.5. The average molecular weight is 1440 g/mol. The molecule has 15 atom stereocenters. The molecular weight excluding hydrogens is 1330 g/mol. The van der Waals surface area contributed by atoms with E-state index in [2.05, 4.69) is 54.8 Å². The van der Waals surface area contributed by atoms with Crippen molar-refractivity contribution >= 4 is 65.3 Å². The second-order valence-electron chi connectivity index (χ2n) is 28.5. The minimum absolute atomic E-state index is 0.0411. The summed E-state index contributed by atoms with van der Waals surface area (Å²) in [6.45, 7) is 19.7. The van der Waals surface area contributed by atoms with E-state index in [0.29, 0.717) is 67.0 Å². The number of carbonyl (C=O) groups excluding carboxylic acids is 10. The molecule has 1 aromatic rings. The number of urea groups is 1. The third-order valence-electron chi connectivity index (χ3n) is 20.0. The maximum atomic E-state index is 14.8. The number of likely N-dealkylation sites (N-methyl/N-ethyl adjacent to an activating group) is 2. The Balaban J connectivity index is 1.10. The molecule has 0 radical (unpaired) electrons. The van der Waals surface area contributed by atoms with Gasteiger partial charge in [0.15, 0.2) is 0 Å². The summed E-state index contributed by atoms with van der Waals surface area (Å²) in [5, 5.41) is 30.2. The van der Waals surface area contributed by atoms with Crippen LogP contribution in [0, 0.1) is 59.2 Å². The molecule has 1 aromatic carbocycles. The Morgan fingerprint density at radius 1 is 0.718 bits per heavy atom. The molecule has 10 N–H and O–H groups in total. The second kappa shape index (κ2) is 43.3. The quantitative estimate of drug-likeness (QED) is 0.0223. The van der Waals surface area contributed by atoms with E-state index in [1.165, 1.54) is 26.2 Å². The van der Waals surface area contributed by atoms with Gasteiger partial charge in [0.25, 0.3) is 0 Å². The summed E-state index contributed by atoms with van der Waals surface area (Å²) in [6.07, 6.45) is 7.35. The van der Waals surface area contributed by atoms with Crippen LogP contribution >= 0.6 is 0 Å². The summed E-state index contributed by atoms with van der Waals surface area (Å²) >= 11 is 0. The van der Waals surface area contributed by atoms with Crippen molar-refractivity contribution in [3.8, 4) is 11.8 Å². The number of nitrogens with one attached hydrogen (secondary N) is 7. The van der Waals surface area contributed by atoms with Crippen LogP contribution in [-0.4, -0.2) is 221 Å². The number of aliphatic hydroxyl groups excluding tert-OH is 1. The summed E-state index contributed by atoms with van der Waals surface area (Å²) in [5.41, 5.74) is 9.68. The third kappa shape index (κ3) is 26.6. The summed E-state index contributed by atoms with van der Waals surface area (Å²) < 4.78 is 34.3. The van der Waals surface area contributed by atoms with Gasteiger partial charge in [-0.15, -0.1) is 17.6 Å². The Hall–Kier alpha value is -8.06. The number of fused-ring (bicyclic) bond motifs is 1. The maximum Gasteiger partial charge on any atom is 0.410 e. The molecule has 0 spiro atoms. The first-order valence-corrected chi connectivity index (χ1v) is 36.5. The number of ether oxygens (including phenoxy) is 6. The van der Waals surface area contributed by atoms with Crippen molar-refractivity contribution in [2.45, 2.75) is 207 Å². The van der Waals surface area contributed by atoms with Crippen LogP contribution in [0.25, 0.3) is 0 Å². The lowest BCUT2D eigenvalue weighted by Gasteiger charge is -2.41. The largest absolute Gasteiger partial charge is 0.449 e. The molecule has 1 saturated carbocycles. The number of allylic oxidation sites excluding steroid dienone is 1. The van der Waals surface area contributed by atoms with E-state index in [1.807, 2.05) is 13.8 Å². The number of methoxy groups -OCH3 is 2. The lowest BCUT2D eigenvalue weighted by molar-refractivity contribution is -0.148. The average Bonchev–Trinajstić information content (AvgIpc) is 1.65. The SMILES string of the molecule is CC[C@H](C)[C@@H]([C@@H](CC(=O)N1CCC[C@H]1[C@H](OC)[C@@H](C)C(=O)N[C@H](C)[C@@H](O)C1=CC=C=C1)OC)N(C)C(=O)[C@@H](NC(=O)[C@H](C(C)C)N(C)C(=O)OCc1ccc(NC(=O)[C@H](CCCNC(N)=O)NC(=O)[C@@H](NC(=O)CCOCCOCCNC(=O)OCC2[C@H]3CCC#CCC[C@@H]23)C(C)C)cc1)C(C)C. The first-order chi connectivity index (χ1) is 49.0. The maximum absolute atomic E-state index is 14.8. The van der Waals surface area contributed by atoms with Crippen LogP contribution in [0.1, 0.15) is 145 Å². The predicted molar refractivity (Wildman–Crippen MR) is 387 cm³/mol. The van der Waals surface area contributed by atoms with E-state index >= 15 is 0 Å². The van der Waals surface area contributed by atoms with Crippen molar-refractivity contribution in [3.63, 3.8) is 0 Å². The van der Waals surface area contributed by atoms with Gasteiger partial charge in [0, 0.05) is 72.9 Å². The molecule has 2 fully saturated rings. The van der Waals surface area contributed by atoms with Crippen molar-refractivity contribution in [2.75, 3.05) is 86.3 Å². The molecule has 1 saturated heterocycles. The Morgan fingerprint density at radius 3 is 1.97 bits per heavy atom. The van der Waals surface area contributed by atoms with Gasteiger partial charge < -0.3 is 86.3 Å². The number of aliphatic hydroxyl groups is 1. The van der Waals surface area contributed by atoms with Gasteiger partial charge in [0.05, 0.1) is 81.8 Å². The monoisotopic (exact) mass is 1440 g/mol. The van der Waals surface area contributed by atoms with Crippen molar-refractivity contribution in [3.05, 3.63) is 59.4 Å². The van der Waals surface area contributed by atoms with E-state index in [4.69, 9.17) is 34.2 Å². The second-order valence-corrected chi connectivity index (χ2v) is 28.5. The van der Waals surface area contributed by atoms with Crippen LogP contribution in [-0.2, 0) is 68.6 Å². The predicted octanol–water partition coefficient (Wildman–Crippen LogP) is 5.46.